The fourth-order valence-corrected chi connectivity index (χ4v) is 4.77. The van der Waals surface area contributed by atoms with E-state index in [1.165, 1.54) is 16.2 Å². The molecule has 0 unspecified atom stereocenters. The minimum Gasteiger partial charge on any atom is -0.480 e. The maximum absolute atomic E-state index is 14.1. The van der Waals surface area contributed by atoms with Gasteiger partial charge in [0.05, 0.1) is 37.4 Å². The van der Waals surface area contributed by atoms with Crippen molar-refractivity contribution >= 4 is 45.6 Å². The van der Waals surface area contributed by atoms with E-state index in [1.807, 2.05) is 0 Å². The van der Waals surface area contributed by atoms with Crippen LogP contribution in [0.2, 0.25) is 0 Å². The minimum absolute atomic E-state index is 0.0882. The Labute approximate surface area is 172 Å². The monoisotopic (exact) mass is 444 g/mol. The molecular weight excluding hydrogens is 426 g/mol. The summed E-state index contributed by atoms with van der Waals surface area (Å²) in [5.41, 5.74) is 0.347. The first-order chi connectivity index (χ1) is 13.7. The predicted octanol–water partition coefficient (Wildman–Crippen LogP) is 2.19. The van der Waals surface area contributed by atoms with Crippen LogP contribution < -0.4 is 10.6 Å². The number of thiazole rings is 1. The van der Waals surface area contributed by atoms with E-state index in [-0.39, 0.29) is 31.2 Å². The first kappa shape index (κ1) is 21.3. The summed E-state index contributed by atoms with van der Waals surface area (Å²) in [6.07, 6.45) is -0.0985. The van der Waals surface area contributed by atoms with Gasteiger partial charge >= 0.3 is 5.97 Å². The Kier molecular flexibility index (Phi) is 6.55. The van der Waals surface area contributed by atoms with E-state index < -0.39 is 35.1 Å². The number of anilines is 1. The molecule has 3 heterocycles. The Hall–Kier alpha value is -2.44. The number of amides is 2. The molecule has 0 aromatic carbocycles. The van der Waals surface area contributed by atoms with Gasteiger partial charge in [0, 0.05) is 16.2 Å². The number of carbonyl (C=O) groups is 3. The average molecular weight is 444 g/mol. The van der Waals surface area contributed by atoms with Gasteiger partial charge in [0.15, 0.2) is 10.3 Å². The molecule has 1 fully saturated rings. The van der Waals surface area contributed by atoms with Crippen LogP contribution in [0.3, 0.4) is 0 Å². The van der Waals surface area contributed by atoms with Gasteiger partial charge in [-0.05, 0) is 13.0 Å². The number of halogens is 2. The van der Waals surface area contributed by atoms with E-state index in [4.69, 9.17) is 5.11 Å². The van der Waals surface area contributed by atoms with Gasteiger partial charge in [-0.2, -0.15) is 4.39 Å². The number of aryl methyl sites for hydroxylation is 1. The first-order valence-electron chi connectivity index (χ1n) is 8.63. The molecule has 156 valence electrons. The molecule has 3 N–H and O–H groups in total. The number of hydrogen-bond donors (Lipinski definition) is 3. The summed E-state index contributed by atoms with van der Waals surface area (Å²) < 4.78 is 27.1. The van der Waals surface area contributed by atoms with Crippen LogP contribution in [0, 0.1) is 12.1 Å². The van der Waals surface area contributed by atoms with Gasteiger partial charge < -0.3 is 10.0 Å². The number of nitrogens with zero attached hydrogens (tertiary/aromatic N) is 2. The van der Waals surface area contributed by atoms with Crippen molar-refractivity contribution in [1.29, 1.82) is 0 Å². The van der Waals surface area contributed by atoms with Gasteiger partial charge in [0.25, 0.3) is 5.91 Å². The predicted molar refractivity (Wildman–Crippen MR) is 104 cm³/mol. The molecule has 0 radical (unpaired) electrons. The Balaban J connectivity index is 1.73. The molecule has 1 saturated heterocycles. The van der Waals surface area contributed by atoms with E-state index in [2.05, 4.69) is 15.6 Å². The van der Waals surface area contributed by atoms with Crippen molar-refractivity contribution < 1.29 is 28.3 Å². The number of nitrogens with one attached hydrogen (secondary N) is 2. The van der Waals surface area contributed by atoms with E-state index >= 15 is 0 Å². The van der Waals surface area contributed by atoms with Crippen LogP contribution in [0.15, 0.2) is 12.3 Å². The first-order valence-corrected chi connectivity index (χ1v) is 10.3. The number of aromatic nitrogens is 1. The smallest absolute Gasteiger partial charge is 0.317 e. The number of carboxylic acids is 1. The molecule has 0 aliphatic carbocycles. The van der Waals surface area contributed by atoms with Crippen LogP contribution >= 0.6 is 22.7 Å². The van der Waals surface area contributed by atoms with E-state index in [9.17, 15) is 23.2 Å². The lowest BCUT2D eigenvalue weighted by Crippen LogP contribution is -2.39. The van der Waals surface area contributed by atoms with Crippen LogP contribution in [-0.2, 0) is 9.59 Å². The highest BCUT2D eigenvalue weighted by molar-refractivity contribution is 7.14. The van der Waals surface area contributed by atoms with Crippen molar-refractivity contribution in [3.63, 3.8) is 0 Å². The highest BCUT2D eigenvalue weighted by Gasteiger charge is 2.37. The number of carbonyl (C=O) groups excluding carboxylic acids is 2. The summed E-state index contributed by atoms with van der Waals surface area (Å²) in [6.45, 7) is 1.05. The molecule has 1 aliphatic heterocycles. The molecule has 2 atom stereocenters. The van der Waals surface area contributed by atoms with E-state index in [1.54, 1.807) is 13.0 Å². The number of likely N-dealkylation sites (tertiary alicyclic amines) is 1. The van der Waals surface area contributed by atoms with Crippen LogP contribution in [0.1, 0.15) is 32.6 Å². The molecule has 2 aromatic rings. The molecule has 0 saturated carbocycles. The molecule has 2 aromatic heterocycles. The van der Waals surface area contributed by atoms with Crippen molar-refractivity contribution in [3.8, 4) is 0 Å². The second-order valence-corrected chi connectivity index (χ2v) is 8.70. The second-order valence-electron chi connectivity index (χ2n) is 6.43. The second kappa shape index (κ2) is 8.93. The molecule has 2 amide bonds. The molecular formula is C17H18F2N4O4S2. The lowest BCUT2D eigenvalue weighted by Gasteiger charge is -2.23. The third-order valence-electron chi connectivity index (χ3n) is 4.33. The quantitative estimate of drug-likeness (QED) is 0.604. The number of thiophene rings is 1. The van der Waals surface area contributed by atoms with Gasteiger partial charge in [-0.3, -0.25) is 25.0 Å². The Bertz CT molecular complexity index is 932. The molecule has 3 rings (SSSR count). The van der Waals surface area contributed by atoms with Gasteiger partial charge in [-0.1, -0.05) is 11.3 Å². The maximum atomic E-state index is 14.1. The summed E-state index contributed by atoms with van der Waals surface area (Å²) >= 11 is 1.99. The van der Waals surface area contributed by atoms with Crippen LogP contribution in [0.25, 0.3) is 0 Å². The number of rotatable bonds is 7. The Morgan fingerprint density at radius 1 is 1.34 bits per heavy atom. The summed E-state index contributed by atoms with van der Waals surface area (Å²) in [5.74, 6) is -1.97. The Morgan fingerprint density at radius 3 is 2.76 bits per heavy atom. The Morgan fingerprint density at radius 2 is 2.10 bits per heavy atom. The average Bonchev–Trinajstić information content (AvgIpc) is 3.33. The number of hydrogen-bond acceptors (Lipinski definition) is 7. The molecule has 29 heavy (non-hydrogen) atoms. The number of aliphatic carboxylic acids is 1. The van der Waals surface area contributed by atoms with Gasteiger partial charge in [-0.25, -0.2) is 9.37 Å². The molecule has 0 bridgehead atoms. The van der Waals surface area contributed by atoms with E-state index in [0.717, 1.165) is 6.20 Å². The highest BCUT2D eigenvalue weighted by Crippen LogP contribution is 2.38. The van der Waals surface area contributed by atoms with Crippen LogP contribution in [-0.4, -0.2) is 58.6 Å². The third-order valence-corrected chi connectivity index (χ3v) is 6.18. The van der Waals surface area contributed by atoms with Crippen molar-refractivity contribution in [2.45, 2.75) is 25.6 Å². The van der Waals surface area contributed by atoms with Crippen molar-refractivity contribution in [2.75, 3.05) is 25.0 Å². The van der Waals surface area contributed by atoms with Crippen LogP contribution in [0.5, 0.6) is 0 Å². The van der Waals surface area contributed by atoms with Gasteiger partial charge in [-0.15, -0.1) is 11.3 Å². The number of alkyl halides is 1. The van der Waals surface area contributed by atoms with Crippen molar-refractivity contribution in [1.82, 2.24) is 15.2 Å². The zero-order chi connectivity index (χ0) is 21.1. The van der Waals surface area contributed by atoms with Crippen molar-refractivity contribution in [2.24, 2.45) is 0 Å². The lowest BCUT2D eigenvalue weighted by atomic mass is 10.1. The topological polar surface area (TPSA) is 112 Å². The van der Waals surface area contributed by atoms with E-state index in [0.29, 0.717) is 26.7 Å². The summed E-state index contributed by atoms with van der Waals surface area (Å²) in [7, 11) is 0. The SMILES string of the molecule is Cc1sc([C@@H]2C[C@@H](F)CN2C(=O)CNCC(=O)O)cc1C(=O)Nc1ncc(F)s1. The van der Waals surface area contributed by atoms with Gasteiger partial charge in [0.2, 0.25) is 5.91 Å². The minimum atomic E-state index is -1.21. The van der Waals surface area contributed by atoms with Gasteiger partial charge in [0.1, 0.15) is 6.17 Å². The zero-order valence-corrected chi connectivity index (χ0v) is 16.9. The fourth-order valence-electron chi connectivity index (χ4n) is 3.08. The molecule has 1 aliphatic rings. The zero-order valence-electron chi connectivity index (χ0n) is 15.3. The normalized spacial score (nSPS) is 18.8. The fraction of sp³-hybridized carbons (Fsp3) is 0.412. The standard InChI is InChI=1S/C17H18F2N4O4S2/c1-8-10(16(27)22-17-21-4-13(19)29-17)3-12(28-8)11-2-9(18)7-23(11)14(24)5-20-6-15(25)26/h3-4,9,11,20H,2,5-7H2,1H3,(H,25,26)(H,21,22,27)/t9-,11+/m1/s1. The highest BCUT2D eigenvalue weighted by atomic mass is 32.1. The summed E-state index contributed by atoms with van der Waals surface area (Å²) in [5, 5.41) is 13.3. The lowest BCUT2D eigenvalue weighted by molar-refractivity contribution is -0.136. The van der Waals surface area contributed by atoms with Crippen molar-refractivity contribution in [3.05, 3.63) is 32.7 Å². The molecule has 12 heteroatoms. The molecule has 0 spiro atoms. The summed E-state index contributed by atoms with van der Waals surface area (Å²) in [4.78, 5) is 41.9. The largest absolute Gasteiger partial charge is 0.480 e. The van der Waals surface area contributed by atoms with Crippen LogP contribution in [0.4, 0.5) is 13.9 Å². The molecule has 8 nitrogen and oxygen atoms in total. The third kappa shape index (κ3) is 5.14. The maximum Gasteiger partial charge on any atom is 0.317 e. The number of carboxylic acid groups (broad SMARTS) is 1. The summed E-state index contributed by atoms with van der Waals surface area (Å²) in [6, 6.07) is 1.07.